The predicted octanol–water partition coefficient (Wildman–Crippen LogP) is 4.40. The van der Waals surface area contributed by atoms with Crippen LogP contribution in [0.3, 0.4) is 0 Å². The second-order valence-corrected chi connectivity index (χ2v) is 6.18. The van der Waals surface area contributed by atoms with E-state index < -0.39 is 0 Å². The summed E-state index contributed by atoms with van der Waals surface area (Å²) in [5.74, 6) is 0.910. The first-order valence-corrected chi connectivity index (χ1v) is 7.57. The first kappa shape index (κ1) is 14.2. The SMILES string of the molecule is Cc1ccc(SCC(N)c2ccc(C)cc2C)cc1. The summed E-state index contributed by atoms with van der Waals surface area (Å²) in [4.78, 5) is 1.28. The summed E-state index contributed by atoms with van der Waals surface area (Å²) in [6.07, 6.45) is 0. The summed E-state index contributed by atoms with van der Waals surface area (Å²) in [5.41, 5.74) is 11.4. The Balaban J connectivity index is 2.01. The minimum absolute atomic E-state index is 0.0897. The number of benzene rings is 2. The van der Waals surface area contributed by atoms with Crippen molar-refractivity contribution in [2.75, 3.05) is 5.75 Å². The molecule has 100 valence electrons. The molecule has 0 aliphatic heterocycles. The van der Waals surface area contributed by atoms with Crippen LogP contribution in [0.5, 0.6) is 0 Å². The van der Waals surface area contributed by atoms with Gasteiger partial charge in [-0.3, -0.25) is 0 Å². The van der Waals surface area contributed by atoms with Crippen LogP contribution in [0, 0.1) is 20.8 Å². The van der Waals surface area contributed by atoms with Crippen LogP contribution in [0.4, 0.5) is 0 Å². The number of hydrogen-bond donors (Lipinski definition) is 1. The van der Waals surface area contributed by atoms with E-state index in [4.69, 9.17) is 5.73 Å². The molecule has 19 heavy (non-hydrogen) atoms. The van der Waals surface area contributed by atoms with Gasteiger partial charge in [0.25, 0.3) is 0 Å². The fourth-order valence-corrected chi connectivity index (χ4v) is 3.03. The van der Waals surface area contributed by atoms with Crippen LogP contribution in [0.2, 0.25) is 0 Å². The molecule has 0 radical (unpaired) electrons. The topological polar surface area (TPSA) is 26.0 Å². The van der Waals surface area contributed by atoms with Gasteiger partial charge in [0.1, 0.15) is 0 Å². The monoisotopic (exact) mass is 271 g/mol. The second-order valence-electron chi connectivity index (χ2n) is 5.09. The molecule has 0 saturated heterocycles. The van der Waals surface area contributed by atoms with E-state index in [1.807, 2.05) is 11.8 Å². The lowest BCUT2D eigenvalue weighted by molar-refractivity contribution is 0.822. The molecule has 0 aliphatic carbocycles. The van der Waals surface area contributed by atoms with E-state index in [1.165, 1.54) is 27.1 Å². The van der Waals surface area contributed by atoms with Gasteiger partial charge in [0.15, 0.2) is 0 Å². The fraction of sp³-hybridized carbons (Fsp3) is 0.294. The molecule has 0 spiro atoms. The number of thioether (sulfide) groups is 1. The second kappa shape index (κ2) is 6.27. The van der Waals surface area contributed by atoms with E-state index in [0.717, 1.165) is 5.75 Å². The van der Waals surface area contributed by atoms with E-state index in [2.05, 4.69) is 63.2 Å². The van der Waals surface area contributed by atoms with E-state index >= 15 is 0 Å². The molecule has 0 fully saturated rings. The highest BCUT2D eigenvalue weighted by Gasteiger charge is 2.09. The van der Waals surface area contributed by atoms with Gasteiger partial charge in [0, 0.05) is 16.7 Å². The number of hydrogen-bond acceptors (Lipinski definition) is 2. The Kier molecular flexibility index (Phi) is 4.67. The Labute approximate surface area is 120 Å². The highest BCUT2D eigenvalue weighted by atomic mass is 32.2. The van der Waals surface area contributed by atoms with Crippen molar-refractivity contribution in [1.29, 1.82) is 0 Å². The summed E-state index contributed by atoms with van der Waals surface area (Å²) in [6, 6.07) is 15.2. The Morgan fingerprint density at radius 2 is 1.58 bits per heavy atom. The Morgan fingerprint density at radius 1 is 0.947 bits per heavy atom. The van der Waals surface area contributed by atoms with Crippen LogP contribution in [-0.4, -0.2) is 5.75 Å². The molecule has 2 aromatic carbocycles. The quantitative estimate of drug-likeness (QED) is 0.834. The molecule has 0 aliphatic rings. The molecule has 1 atom stereocenters. The zero-order valence-electron chi connectivity index (χ0n) is 11.8. The van der Waals surface area contributed by atoms with Crippen LogP contribution >= 0.6 is 11.8 Å². The van der Waals surface area contributed by atoms with Crippen LogP contribution in [0.15, 0.2) is 47.4 Å². The highest BCUT2D eigenvalue weighted by Crippen LogP contribution is 2.25. The molecule has 2 aromatic rings. The van der Waals surface area contributed by atoms with Gasteiger partial charge in [0.05, 0.1) is 0 Å². The Hall–Kier alpha value is -1.25. The molecular formula is C17H21NS. The predicted molar refractivity (Wildman–Crippen MR) is 84.7 cm³/mol. The van der Waals surface area contributed by atoms with Gasteiger partial charge in [-0.05, 0) is 44.0 Å². The van der Waals surface area contributed by atoms with Gasteiger partial charge in [-0.25, -0.2) is 0 Å². The molecule has 2 rings (SSSR count). The van der Waals surface area contributed by atoms with E-state index in [9.17, 15) is 0 Å². The maximum atomic E-state index is 6.30. The van der Waals surface area contributed by atoms with E-state index in [0.29, 0.717) is 0 Å². The van der Waals surface area contributed by atoms with Crippen molar-refractivity contribution in [2.45, 2.75) is 31.7 Å². The third kappa shape index (κ3) is 3.85. The van der Waals surface area contributed by atoms with Crippen molar-refractivity contribution in [3.8, 4) is 0 Å². The third-order valence-corrected chi connectivity index (χ3v) is 4.41. The molecular weight excluding hydrogens is 250 g/mol. The number of rotatable bonds is 4. The highest BCUT2D eigenvalue weighted by molar-refractivity contribution is 7.99. The van der Waals surface area contributed by atoms with Crippen molar-refractivity contribution in [1.82, 2.24) is 0 Å². The summed E-state index contributed by atoms with van der Waals surface area (Å²) < 4.78 is 0. The normalized spacial score (nSPS) is 12.4. The number of nitrogens with two attached hydrogens (primary N) is 1. The molecule has 1 unspecified atom stereocenters. The van der Waals surface area contributed by atoms with Crippen molar-refractivity contribution in [2.24, 2.45) is 5.73 Å². The van der Waals surface area contributed by atoms with Crippen molar-refractivity contribution >= 4 is 11.8 Å². The standard InChI is InChI=1S/C17H21NS/c1-12-4-7-15(8-5-12)19-11-17(18)16-9-6-13(2)10-14(16)3/h4-10,17H,11,18H2,1-3H3. The zero-order chi connectivity index (χ0) is 13.8. The Morgan fingerprint density at radius 3 is 2.21 bits per heavy atom. The van der Waals surface area contributed by atoms with Gasteiger partial charge < -0.3 is 5.73 Å². The van der Waals surface area contributed by atoms with Crippen molar-refractivity contribution in [3.63, 3.8) is 0 Å². The lowest BCUT2D eigenvalue weighted by Gasteiger charge is -2.15. The third-order valence-electron chi connectivity index (χ3n) is 3.28. The number of aryl methyl sites for hydroxylation is 3. The first-order chi connectivity index (χ1) is 9.06. The minimum atomic E-state index is 0.0897. The Bertz CT molecular complexity index is 546. The van der Waals surface area contributed by atoms with Crippen molar-refractivity contribution < 1.29 is 0 Å². The first-order valence-electron chi connectivity index (χ1n) is 6.58. The zero-order valence-corrected chi connectivity index (χ0v) is 12.6. The van der Waals surface area contributed by atoms with Gasteiger partial charge in [-0.1, -0.05) is 41.5 Å². The van der Waals surface area contributed by atoms with E-state index in [1.54, 1.807) is 0 Å². The molecule has 0 amide bonds. The fourth-order valence-electron chi connectivity index (χ4n) is 2.15. The molecule has 0 bridgehead atoms. The van der Waals surface area contributed by atoms with Gasteiger partial charge in [-0.2, -0.15) is 0 Å². The largest absolute Gasteiger partial charge is 0.323 e. The average Bonchev–Trinajstić information content (AvgIpc) is 2.37. The van der Waals surface area contributed by atoms with Crippen LogP contribution in [0.25, 0.3) is 0 Å². The summed E-state index contributed by atoms with van der Waals surface area (Å²) in [5, 5.41) is 0. The van der Waals surface area contributed by atoms with Gasteiger partial charge in [-0.15, -0.1) is 11.8 Å². The summed E-state index contributed by atoms with van der Waals surface area (Å²) in [6.45, 7) is 6.36. The smallest absolute Gasteiger partial charge is 0.0392 e. The maximum Gasteiger partial charge on any atom is 0.0392 e. The minimum Gasteiger partial charge on any atom is -0.323 e. The van der Waals surface area contributed by atoms with Gasteiger partial charge in [0.2, 0.25) is 0 Å². The molecule has 2 heteroatoms. The lowest BCUT2D eigenvalue weighted by atomic mass is 10.0. The maximum absolute atomic E-state index is 6.30. The molecule has 2 N–H and O–H groups in total. The average molecular weight is 271 g/mol. The molecule has 0 aromatic heterocycles. The van der Waals surface area contributed by atoms with Gasteiger partial charge >= 0.3 is 0 Å². The summed E-state index contributed by atoms with van der Waals surface area (Å²) in [7, 11) is 0. The molecule has 1 nitrogen and oxygen atoms in total. The van der Waals surface area contributed by atoms with E-state index in [-0.39, 0.29) is 6.04 Å². The molecule has 0 heterocycles. The van der Waals surface area contributed by atoms with Crippen LogP contribution in [-0.2, 0) is 0 Å². The molecule has 0 saturated carbocycles. The lowest BCUT2D eigenvalue weighted by Crippen LogP contribution is -2.14. The van der Waals surface area contributed by atoms with Crippen LogP contribution < -0.4 is 5.73 Å². The summed E-state index contributed by atoms with van der Waals surface area (Å²) >= 11 is 1.82. The van der Waals surface area contributed by atoms with Crippen LogP contribution in [0.1, 0.15) is 28.3 Å². The van der Waals surface area contributed by atoms with Crippen molar-refractivity contribution in [3.05, 3.63) is 64.7 Å².